The number of methoxy groups -OCH3 is 1. The maximum absolute atomic E-state index is 11.4. The van der Waals surface area contributed by atoms with Crippen LogP contribution in [0.5, 0.6) is 0 Å². The molecule has 3 aromatic rings. The fourth-order valence-corrected chi connectivity index (χ4v) is 2.21. The van der Waals surface area contributed by atoms with Crippen molar-refractivity contribution in [1.82, 2.24) is 19.5 Å². The molecule has 0 fully saturated rings. The van der Waals surface area contributed by atoms with Crippen LogP contribution < -0.4 is 0 Å². The minimum atomic E-state index is -0.353. The van der Waals surface area contributed by atoms with Crippen LogP contribution in [0.2, 0.25) is 5.15 Å². The van der Waals surface area contributed by atoms with Crippen LogP contribution in [0.3, 0.4) is 0 Å². The summed E-state index contributed by atoms with van der Waals surface area (Å²) in [7, 11) is 1.36. The third-order valence-corrected chi connectivity index (χ3v) is 3.36. The molecule has 2 heterocycles. The summed E-state index contributed by atoms with van der Waals surface area (Å²) < 4.78 is 6.54. The van der Waals surface area contributed by atoms with Crippen LogP contribution in [0.4, 0.5) is 0 Å². The third kappa shape index (κ3) is 2.57. The predicted octanol–water partition coefficient (Wildman–Crippen LogP) is 2.31. The Balaban J connectivity index is 1.88. The highest BCUT2D eigenvalue weighted by Gasteiger charge is 2.09. The van der Waals surface area contributed by atoms with Gasteiger partial charge in [0, 0.05) is 0 Å². The molecule has 0 atom stereocenters. The van der Waals surface area contributed by atoms with E-state index in [4.69, 9.17) is 11.6 Å². The number of hydrogen-bond acceptors (Lipinski definition) is 5. The molecule has 0 aliphatic heterocycles. The summed E-state index contributed by atoms with van der Waals surface area (Å²) in [6.07, 6.45) is 3.07. The summed E-state index contributed by atoms with van der Waals surface area (Å²) in [6, 6.07) is 7.17. The summed E-state index contributed by atoms with van der Waals surface area (Å²) in [5.74, 6) is -0.353. The predicted molar refractivity (Wildman–Crippen MR) is 77.2 cm³/mol. The second kappa shape index (κ2) is 5.49. The van der Waals surface area contributed by atoms with Crippen LogP contribution in [0.1, 0.15) is 15.9 Å². The normalized spacial score (nSPS) is 10.8. The lowest BCUT2D eigenvalue weighted by Crippen LogP contribution is -2.03. The fourth-order valence-electron chi connectivity index (χ4n) is 2.03. The molecule has 6 nitrogen and oxygen atoms in total. The minimum absolute atomic E-state index is 0.333. The SMILES string of the molecule is COC(=O)c1ccc(Cn2cnc3c(Cl)ncnc32)cc1. The Hall–Kier alpha value is -2.47. The zero-order valence-corrected chi connectivity index (χ0v) is 11.9. The van der Waals surface area contributed by atoms with Crippen LogP contribution >= 0.6 is 11.6 Å². The van der Waals surface area contributed by atoms with Gasteiger partial charge in [-0.15, -0.1) is 0 Å². The highest BCUT2D eigenvalue weighted by Crippen LogP contribution is 2.18. The van der Waals surface area contributed by atoms with Crippen molar-refractivity contribution >= 4 is 28.7 Å². The number of hydrogen-bond donors (Lipinski definition) is 0. The second-order valence-electron chi connectivity index (χ2n) is 4.40. The first-order valence-corrected chi connectivity index (χ1v) is 6.55. The lowest BCUT2D eigenvalue weighted by molar-refractivity contribution is 0.0600. The number of carbonyl (C=O) groups is 1. The molecule has 0 radical (unpaired) electrons. The van der Waals surface area contributed by atoms with E-state index in [-0.39, 0.29) is 5.97 Å². The van der Waals surface area contributed by atoms with Gasteiger partial charge in [0.15, 0.2) is 10.8 Å². The van der Waals surface area contributed by atoms with Gasteiger partial charge in [-0.2, -0.15) is 0 Å². The van der Waals surface area contributed by atoms with Crippen molar-refractivity contribution in [2.75, 3.05) is 7.11 Å². The van der Waals surface area contributed by atoms with Crippen molar-refractivity contribution in [3.8, 4) is 0 Å². The van der Waals surface area contributed by atoms with Gasteiger partial charge in [0.1, 0.15) is 11.8 Å². The van der Waals surface area contributed by atoms with Gasteiger partial charge >= 0.3 is 5.97 Å². The molecular formula is C14H11ClN4O2. The van der Waals surface area contributed by atoms with Crippen molar-refractivity contribution in [2.45, 2.75) is 6.54 Å². The Morgan fingerprint density at radius 3 is 2.71 bits per heavy atom. The molecule has 7 heteroatoms. The van der Waals surface area contributed by atoms with Crippen LogP contribution in [-0.2, 0) is 11.3 Å². The Kier molecular flexibility index (Phi) is 3.53. The molecule has 21 heavy (non-hydrogen) atoms. The first-order valence-electron chi connectivity index (χ1n) is 6.17. The number of fused-ring (bicyclic) bond motifs is 1. The van der Waals surface area contributed by atoms with E-state index >= 15 is 0 Å². The number of carbonyl (C=O) groups excluding carboxylic acids is 1. The first kappa shape index (κ1) is 13.5. The smallest absolute Gasteiger partial charge is 0.337 e. The summed E-state index contributed by atoms with van der Waals surface area (Å²) in [6.45, 7) is 0.575. The van der Waals surface area contributed by atoms with Gasteiger partial charge in [-0.1, -0.05) is 23.7 Å². The van der Waals surface area contributed by atoms with Gasteiger partial charge < -0.3 is 9.30 Å². The van der Waals surface area contributed by atoms with E-state index in [1.807, 2.05) is 16.7 Å². The fraction of sp³-hybridized carbons (Fsp3) is 0.143. The van der Waals surface area contributed by atoms with E-state index in [0.29, 0.717) is 28.4 Å². The van der Waals surface area contributed by atoms with E-state index in [2.05, 4.69) is 19.7 Å². The molecule has 0 N–H and O–H groups in total. The minimum Gasteiger partial charge on any atom is -0.465 e. The van der Waals surface area contributed by atoms with E-state index < -0.39 is 0 Å². The Morgan fingerprint density at radius 2 is 2.00 bits per heavy atom. The number of esters is 1. The molecule has 0 saturated heterocycles. The van der Waals surface area contributed by atoms with Gasteiger partial charge in [0.05, 0.1) is 25.5 Å². The maximum Gasteiger partial charge on any atom is 0.337 e. The van der Waals surface area contributed by atoms with Crippen molar-refractivity contribution in [1.29, 1.82) is 0 Å². The summed E-state index contributed by atoms with van der Waals surface area (Å²) in [4.78, 5) is 23.7. The molecule has 2 aromatic heterocycles. The Morgan fingerprint density at radius 1 is 1.24 bits per heavy atom. The number of rotatable bonds is 3. The number of ether oxygens (including phenoxy) is 1. The Labute approximate surface area is 125 Å². The first-order chi connectivity index (χ1) is 10.2. The molecule has 0 unspecified atom stereocenters. The van der Waals surface area contributed by atoms with Crippen molar-refractivity contribution < 1.29 is 9.53 Å². The average Bonchev–Trinajstić information content (AvgIpc) is 2.92. The average molecular weight is 303 g/mol. The number of benzene rings is 1. The number of nitrogens with zero attached hydrogens (tertiary/aromatic N) is 4. The van der Waals surface area contributed by atoms with Crippen molar-refractivity contribution in [3.63, 3.8) is 0 Å². The molecule has 0 amide bonds. The van der Waals surface area contributed by atoms with Crippen LogP contribution in [-0.4, -0.2) is 32.6 Å². The van der Waals surface area contributed by atoms with E-state index in [1.165, 1.54) is 13.4 Å². The second-order valence-corrected chi connectivity index (χ2v) is 4.76. The number of halogens is 1. The molecule has 0 aliphatic rings. The molecule has 3 rings (SSSR count). The molecule has 0 spiro atoms. The highest BCUT2D eigenvalue weighted by molar-refractivity contribution is 6.33. The standard InChI is InChI=1S/C14H11ClN4O2/c1-21-14(20)10-4-2-9(3-5-10)6-19-8-18-11-12(15)16-7-17-13(11)19/h2-5,7-8H,6H2,1H3. The van der Waals surface area contributed by atoms with Gasteiger partial charge in [0.25, 0.3) is 0 Å². The number of imidazole rings is 1. The van der Waals surface area contributed by atoms with Crippen LogP contribution in [0, 0.1) is 0 Å². The van der Waals surface area contributed by atoms with E-state index in [0.717, 1.165) is 5.56 Å². The Bertz CT molecular complexity index is 798. The lowest BCUT2D eigenvalue weighted by Gasteiger charge is -2.05. The molecule has 0 aliphatic carbocycles. The third-order valence-electron chi connectivity index (χ3n) is 3.08. The summed E-state index contributed by atoms with van der Waals surface area (Å²) in [5, 5.41) is 0.333. The molecule has 106 valence electrons. The summed E-state index contributed by atoms with van der Waals surface area (Å²) >= 11 is 5.97. The lowest BCUT2D eigenvalue weighted by atomic mass is 10.1. The monoisotopic (exact) mass is 302 g/mol. The quantitative estimate of drug-likeness (QED) is 0.548. The van der Waals surface area contributed by atoms with Gasteiger partial charge in [0.2, 0.25) is 0 Å². The molecular weight excluding hydrogens is 292 g/mol. The number of aromatic nitrogens is 4. The van der Waals surface area contributed by atoms with Gasteiger partial charge in [-0.25, -0.2) is 19.7 Å². The van der Waals surface area contributed by atoms with Crippen LogP contribution in [0.15, 0.2) is 36.9 Å². The van der Waals surface area contributed by atoms with E-state index in [9.17, 15) is 4.79 Å². The van der Waals surface area contributed by atoms with Crippen LogP contribution in [0.25, 0.3) is 11.2 Å². The maximum atomic E-state index is 11.4. The van der Waals surface area contributed by atoms with Crippen molar-refractivity contribution in [2.24, 2.45) is 0 Å². The van der Waals surface area contributed by atoms with Gasteiger partial charge in [-0.3, -0.25) is 0 Å². The topological polar surface area (TPSA) is 69.9 Å². The highest BCUT2D eigenvalue weighted by atomic mass is 35.5. The van der Waals surface area contributed by atoms with Gasteiger partial charge in [-0.05, 0) is 17.7 Å². The largest absolute Gasteiger partial charge is 0.465 e. The summed E-state index contributed by atoms with van der Waals surface area (Å²) in [5.41, 5.74) is 2.77. The zero-order valence-electron chi connectivity index (χ0n) is 11.2. The zero-order chi connectivity index (χ0) is 14.8. The molecule has 1 aromatic carbocycles. The van der Waals surface area contributed by atoms with Crippen molar-refractivity contribution in [3.05, 3.63) is 53.2 Å². The van der Waals surface area contributed by atoms with E-state index in [1.54, 1.807) is 18.5 Å². The molecule has 0 saturated carbocycles. The molecule has 0 bridgehead atoms.